The molecule has 0 bridgehead atoms. The standard InChI is InChI=1S/C19H23NO2/c21-16(13-15-7-2-1-3-8-15)14-20-18-10-6-12-22-19-11-5-4-9-17(18)19/h1-5,7-9,11,16,18,20-21H,6,10,12-14H2. The molecule has 22 heavy (non-hydrogen) atoms. The second-order valence-electron chi connectivity index (χ2n) is 5.83. The van der Waals surface area contributed by atoms with Gasteiger partial charge < -0.3 is 15.2 Å². The minimum Gasteiger partial charge on any atom is -0.493 e. The van der Waals surface area contributed by atoms with E-state index in [0.29, 0.717) is 13.0 Å². The summed E-state index contributed by atoms with van der Waals surface area (Å²) in [5.74, 6) is 0.968. The highest BCUT2D eigenvalue weighted by molar-refractivity contribution is 5.36. The second kappa shape index (κ2) is 7.43. The van der Waals surface area contributed by atoms with E-state index in [-0.39, 0.29) is 12.1 Å². The molecule has 0 saturated heterocycles. The SMILES string of the molecule is OC(CNC1CCCOc2ccccc21)Cc1ccccc1. The molecule has 3 heteroatoms. The Kier molecular flexibility index (Phi) is 5.09. The Labute approximate surface area is 131 Å². The van der Waals surface area contributed by atoms with Crippen molar-refractivity contribution in [3.8, 4) is 5.75 Å². The highest BCUT2D eigenvalue weighted by Gasteiger charge is 2.19. The van der Waals surface area contributed by atoms with Gasteiger partial charge in [0.25, 0.3) is 0 Å². The molecular weight excluding hydrogens is 274 g/mol. The molecule has 0 saturated carbocycles. The molecule has 0 aliphatic carbocycles. The van der Waals surface area contributed by atoms with Crippen LogP contribution in [0.1, 0.15) is 30.0 Å². The molecule has 2 aromatic rings. The Balaban J connectivity index is 1.59. The van der Waals surface area contributed by atoms with Gasteiger partial charge in [-0.15, -0.1) is 0 Å². The number of nitrogens with one attached hydrogen (secondary N) is 1. The first-order valence-corrected chi connectivity index (χ1v) is 8.00. The summed E-state index contributed by atoms with van der Waals surface area (Å²) in [6.07, 6.45) is 2.37. The third kappa shape index (κ3) is 3.87. The van der Waals surface area contributed by atoms with Gasteiger partial charge in [0.2, 0.25) is 0 Å². The van der Waals surface area contributed by atoms with Crippen LogP contribution in [0.5, 0.6) is 5.75 Å². The first kappa shape index (κ1) is 15.1. The fourth-order valence-electron chi connectivity index (χ4n) is 2.97. The fraction of sp³-hybridized carbons (Fsp3) is 0.368. The summed E-state index contributed by atoms with van der Waals surface area (Å²) >= 11 is 0. The second-order valence-corrected chi connectivity index (χ2v) is 5.83. The number of hydrogen-bond donors (Lipinski definition) is 2. The van der Waals surface area contributed by atoms with Gasteiger partial charge in [-0.3, -0.25) is 0 Å². The molecule has 0 amide bonds. The Bertz CT molecular complexity index is 585. The van der Waals surface area contributed by atoms with Crippen LogP contribution >= 0.6 is 0 Å². The van der Waals surface area contributed by atoms with Gasteiger partial charge in [-0.25, -0.2) is 0 Å². The van der Waals surface area contributed by atoms with E-state index in [2.05, 4.69) is 23.5 Å². The van der Waals surface area contributed by atoms with Crippen LogP contribution in [0, 0.1) is 0 Å². The number of fused-ring (bicyclic) bond motifs is 1. The van der Waals surface area contributed by atoms with E-state index < -0.39 is 0 Å². The monoisotopic (exact) mass is 297 g/mol. The third-order valence-corrected chi connectivity index (χ3v) is 4.10. The van der Waals surface area contributed by atoms with E-state index in [0.717, 1.165) is 25.2 Å². The first-order chi connectivity index (χ1) is 10.8. The van der Waals surface area contributed by atoms with E-state index in [9.17, 15) is 5.11 Å². The number of aliphatic hydroxyl groups excluding tert-OH is 1. The van der Waals surface area contributed by atoms with Crippen molar-refractivity contribution in [3.05, 3.63) is 65.7 Å². The quantitative estimate of drug-likeness (QED) is 0.891. The molecule has 3 nitrogen and oxygen atoms in total. The number of para-hydroxylation sites is 1. The summed E-state index contributed by atoms with van der Waals surface area (Å²) in [4.78, 5) is 0. The van der Waals surface area contributed by atoms with Crippen LogP contribution < -0.4 is 10.1 Å². The van der Waals surface area contributed by atoms with Crippen molar-refractivity contribution in [2.24, 2.45) is 0 Å². The molecule has 1 aliphatic rings. The summed E-state index contributed by atoms with van der Waals surface area (Å²) in [5, 5.41) is 13.8. The van der Waals surface area contributed by atoms with Crippen LogP contribution in [0.4, 0.5) is 0 Å². The van der Waals surface area contributed by atoms with Crippen molar-refractivity contribution < 1.29 is 9.84 Å². The largest absolute Gasteiger partial charge is 0.493 e. The van der Waals surface area contributed by atoms with E-state index in [1.165, 1.54) is 11.1 Å². The topological polar surface area (TPSA) is 41.5 Å². The van der Waals surface area contributed by atoms with E-state index in [1.807, 2.05) is 36.4 Å². The Morgan fingerprint density at radius 3 is 2.73 bits per heavy atom. The summed E-state index contributed by atoms with van der Waals surface area (Å²) in [6, 6.07) is 18.6. The van der Waals surface area contributed by atoms with Crippen LogP contribution in [-0.2, 0) is 6.42 Å². The van der Waals surface area contributed by atoms with Gasteiger partial charge in [0.1, 0.15) is 5.75 Å². The molecule has 0 spiro atoms. The molecule has 116 valence electrons. The molecular formula is C19H23NO2. The van der Waals surface area contributed by atoms with Crippen LogP contribution in [-0.4, -0.2) is 24.4 Å². The van der Waals surface area contributed by atoms with Gasteiger partial charge >= 0.3 is 0 Å². The Morgan fingerprint density at radius 2 is 1.86 bits per heavy atom. The van der Waals surface area contributed by atoms with Crippen LogP contribution in [0.2, 0.25) is 0 Å². The maximum Gasteiger partial charge on any atom is 0.124 e. The predicted molar refractivity (Wildman–Crippen MR) is 88.1 cm³/mol. The van der Waals surface area contributed by atoms with Crippen molar-refractivity contribution in [1.29, 1.82) is 0 Å². The number of hydrogen-bond acceptors (Lipinski definition) is 3. The Hall–Kier alpha value is -1.84. The van der Waals surface area contributed by atoms with Crippen molar-refractivity contribution in [2.45, 2.75) is 31.4 Å². The lowest BCUT2D eigenvalue weighted by Crippen LogP contribution is -2.31. The molecule has 2 unspecified atom stereocenters. The first-order valence-electron chi connectivity index (χ1n) is 8.00. The molecule has 0 aromatic heterocycles. The van der Waals surface area contributed by atoms with Gasteiger partial charge in [0.15, 0.2) is 0 Å². The third-order valence-electron chi connectivity index (χ3n) is 4.10. The van der Waals surface area contributed by atoms with E-state index >= 15 is 0 Å². The highest BCUT2D eigenvalue weighted by Crippen LogP contribution is 2.31. The lowest BCUT2D eigenvalue weighted by Gasteiger charge is -2.20. The number of rotatable bonds is 5. The van der Waals surface area contributed by atoms with Crippen molar-refractivity contribution in [1.82, 2.24) is 5.32 Å². The zero-order valence-corrected chi connectivity index (χ0v) is 12.7. The number of benzene rings is 2. The molecule has 2 aromatic carbocycles. The zero-order chi connectivity index (χ0) is 15.2. The zero-order valence-electron chi connectivity index (χ0n) is 12.7. The molecule has 2 atom stereocenters. The van der Waals surface area contributed by atoms with Gasteiger partial charge in [-0.05, 0) is 30.9 Å². The molecule has 1 heterocycles. The van der Waals surface area contributed by atoms with Gasteiger partial charge in [0, 0.05) is 18.2 Å². The smallest absolute Gasteiger partial charge is 0.124 e. The number of aliphatic hydroxyl groups is 1. The molecule has 0 fully saturated rings. The summed E-state index contributed by atoms with van der Waals surface area (Å²) in [6.45, 7) is 1.36. The highest BCUT2D eigenvalue weighted by atomic mass is 16.5. The average molecular weight is 297 g/mol. The molecule has 2 N–H and O–H groups in total. The summed E-state index contributed by atoms with van der Waals surface area (Å²) < 4.78 is 5.78. The number of ether oxygens (including phenoxy) is 1. The minimum absolute atomic E-state index is 0.254. The molecule has 3 rings (SSSR count). The van der Waals surface area contributed by atoms with Crippen LogP contribution in [0.3, 0.4) is 0 Å². The van der Waals surface area contributed by atoms with E-state index in [1.54, 1.807) is 0 Å². The lowest BCUT2D eigenvalue weighted by atomic mass is 10.0. The van der Waals surface area contributed by atoms with Crippen LogP contribution in [0.15, 0.2) is 54.6 Å². The van der Waals surface area contributed by atoms with Gasteiger partial charge in [0.05, 0.1) is 12.7 Å². The predicted octanol–water partition coefficient (Wildman–Crippen LogP) is 3.09. The lowest BCUT2D eigenvalue weighted by molar-refractivity contribution is 0.166. The fourth-order valence-corrected chi connectivity index (χ4v) is 2.97. The Morgan fingerprint density at radius 1 is 1.09 bits per heavy atom. The van der Waals surface area contributed by atoms with Crippen molar-refractivity contribution >= 4 is 0 Å². The van der Waals surface area contributed by atoms with Gasteiger partial charge in [-0.2, -0.15) is 0 Å². The van der Waals surface area contributed by atoms with Crippen molar-refractivity contribution in [2.75, 3.05) is 13.2 Å². The molecule has 1 aliphatic heterocycles. The van der Waals surface area contributed by atoms with Gasteiger partial charge in [-0.1, -0.05) is 48.5 Å². The minimum atomic E-state index is -0.376. The summed E-state index contributed by atoms with van der Waals surface area (Å²) in [5.41, 5.74) is 2.37. The average Bonchev–Trinajstić information content (AvgIpc) is 2.76. The van der Waals surface area contributed by atoms with Crippen molar-refractivity contribution in [3.63, 3.8) is 0 Å². The van der Waals surface area contributed by atoms with Crippen LogP contribution in [0.25, 0.3) is 0 Å². The van der Waals surface area contributed by atoms with E-state index in [4.69, 9.17) is 4.74 Å². The summed E-state index contributed by atoms with van der Waals surface area (Å²) in [7, 11) is 0. The molecule has 0 radical (unpaired) electrons. The maximum absolute atomic E-state index is 10.3. The normalized spacial score (nSPS) is 18.9. The maximum atomic E-state index is 10.3.